The zero-order chi connectivity index (χ0) is 12.3. The maximum absolute atomic E-state index is 4.58. The van der Waals surface area contributed by atoms with Crippen molar-refractivity contribution in [2.45, 2.75) is 52.0 Å². The van der Waals surface area contributed by atoms with Crippen LogP contribution < -0.4 is 0 Å². The Morgan fingerprint density at radius 3 is 3.06 bits per heavy atom. The zero-order valence-corrected chi connectivity index (χ0v) is 11.2. The van der Waals surface area contributed by atoms with E-state index in [0.29, 0.717) is 12.0 Å². The van der Waals surface area contributed by atoms with E-state index in [-0.39, 0.29) is 0 Å². The molecule has 1 fully saturated rings. The molecule has 2 atom stereocenters. The van der Waals surface area contributed by atoms with Crippen LogP contribution in [0.3, 0.4) is 0 Å². The summed E-state index contributed by atoms with van der Waals surface area (Å²) in [7, 11) is 0. The number of likely N-dealkylation sites (tertiary alicyclic amines) is 1. The SMILES string of the molecule is CCC(C)N1CCCC(c2nccc(C)n2)C1. The van der Waals surface area contributed by atoms with Crippen molar-refractivity contribution in [3.8, 4) is 0 Å². The average Bonchev–Trinajstić information content (AvgIpc) is 2.38. The summed E-state index contributed by atoms with van der Waals surface area (Å²) in [5, 5.41) is 0. The third-order valence-electron chi connectivity index (χ3n) is 3.85. The van der Waals surface area contributed by atoms with E-state index in [1.807, 2.05) is 19.2 Å². The molecule has 3 nitrogen and oxygen atoms in total. The van der Waals surface area contributed by atoms with Gasteiger partial charge in [0.2, 0.25) is 0 Å². The molecule has 0 aliphatic carbocycles. The predicted octanol–water partition coefficient (Wildman–Crippen LogP) is 2.76. The molecule has 0 bridgehead atoms. The Bertz CT molecular complexity index is 364. The first-order valence-electron chi connectivity index (χ1n) is 6.74. The zero-order valence-electron chi connectivity index (χ0n) is 11.2. The van der Waals surface area contributed by atoms with Gasteiger partial charge in [-0.2, -0.15) is 0 Å². The van der Waals surface area contributed by atoms with Crippen molar-refractivity contribution in [3.63, 3.8) is 0 Å². The van der Waals surface area contributed by atoms with E-state index in [0.717, 1.165) is 18.1 Å². The third kappa shape index (κ3) is 3.03. The highest BCUT2D eigenvalue weighted by atomic mass is 15.2. The minimum atomic E-state index is 0.526. The van der Waals surface area contributed by atoms with Crippen molar-refractivity contribution >= 4 is 0 Å². The molecule has 1 aliphatic heterocycles. The predicted molar refractivity (Wildman–Crippen MR) is 70.1 cm³/mol. The lowest BCUT2D eigenvalue weighted by Gasteiger charge is -2.35. The Kier molecular flexibility index (Phi) is 4.11. The molecule has 0 aromatic carbocycles. The van der Waals surface area contributed by atoms with Crippen LogP contribution in [-0.4, -0.2) is 34.0 Å². The number of hydrogen-bond donors (Lipinski definition) is 0. The summed E-state index contributed by atoms with van der Waals surface area (Å²) in [6.45, 7) is 8.98. The van der Waals surface area contributed by atoms with Gasteiger partial charge < -0.3 is 0 Å². The van der Waals surface area contributed by atoms with Crippen LogP contribution in [0.25, 0.3) is 0 Å². The van der Waals surface area contributed by atoms with Crippen LogP contribution in [0.5, 0.6) is 0 Å². The van der Waals surface area contributed by atoms with Crippen LogP contribution in [-0.2, 0) is 0 Å². The molecular formula is C14H23N3. The van der Waals surface area contributed by atoms with Gasteiger partial charge in [0.1, 0.15) is 5.82 Å². The van der Waals surface area contributed by atoms with Crippen molar-refractivity contribution in [2.24, 2.45) is 0 Å². The summed E-state index contributed by atoms with van der Waals surface area (Å²) in [4.78, 5) is 11.6. The lowest BCUT2D eigenvalue weighted by atomic mass is 9.95. The van der Waals surface area contributed by atoms with E-state index >= 15 is 0 Å². The molecule has 1 aromatic heterocycles. The fourth-order valence-electron chi connectivity index (χ4n) is 2.54. The highest BCUT2D eigenvalue weighted by molar-refractivity contribution is 5.05. The maximum Gasteiger partial charge on any atom is 0.132 e. The van der Waals surface area contributed by atoms with E-state index in [4.69, 9.17) is 0 Å². The Balaban J connectivity index is 2.07. The van der Waals surface area contributed by atoms with Gasteiger partial charge >= 0.3 is 0 Å². The van der Waals surface area contributed by atoms with Crippen molar-refractivity contribution in [1.29, 1.82) is 0 Å². The molecule has 0 amide bonds. The van der Waals surface area contributed by atoms with Crippen LogP contribution in [0.1, 0.15) is 50.5 Å². The van der Waals surface area contributed by atoms with Gasteiger partial charge in [-0.15, -0.1) is 0 Å². The molecule has 2 rings (SSSR count). The molecule has 2 heterocycles. The number of nitrogens with zero attached hydrogens (tertiary/aromatic N) is 3. The van der Waals surface area contributed by atoms with Gasteiger partial charge in [-0.1, -0.05) is 6.92 Å². The van der Waals surface area contributed by atoms with Crippen LogP contribution >= 0.6 is 0 Å². The van der Waals surface area contributed by atoms with E-state index < -0.39 is 0 Å². The molecule has 17 heavy (non-hydrogen) atoms. The largest absolute Gasteiger partial charge is 0.300 e. The molecule has 3 heteroatoms. The second-order valence-electron chi connectivity index (χ2n) is 5.15. The van der Waals surface area contributed by atoms with Gasteiger partial charge in [0.15, 0.2) is 0 Å². The van der Waals surface area contributed by atoms with Gasteiger partial charge in [-0.05, 0) is 45.7 Å². The third-order valence-corrected chi connectivity index (χ3v) is 3.85. The van der Waals surface area contributed by atoms with Gasteiger partial charge in [0.05, 0.1) is 0 Å². The molecule has 0 N–H and O–H groups in total. The molecule has 0 saturated carbocycles. The first kappa shape index (κ1) is 12.5. The number of aromatic nitrogens is 2. The van der Waals surface area contributed by atoms with E-state index in [9.17, 15) is 0 Å². The fourth-order valence-corrected chi connectivity index (χ4v) is 2.54. The molecular weight excluding hydrogens is 210 g/mol. The molecule has 94 valence electrons. The first-order chi connectivity index (χ1) is 8.20. The molecule has 1 aliphatic rings. The summed E-state index contributed by atoms with van der Waals surface area (Å²) in [6, 6.07) is 2.65. The van der Waals surface area contributed by atoms with Gasteiger partial charge in [-0.25, -0.2) is 9.97 Å². The Morgan fingerprint density at radius 2 is 2.35 bits per heavy atom. The maximum atomic E-state index is 4.58. The lowest BCUT2D eigenvalue weighted by molar-refractivity contribution is 0.152. The van der Waals surface area contributed by atoms with E-state index in [1.165, 1.54) is 25.8 Å². The van der Waals surface area contributed by atoms with Crippen LogP contribution in [0, 0.1) is 6.92 Å². The van der Waals surface area contributed by atoms with Crippen molar-refractivity contribution in [1.82, 2.24) is 14.9 Å². The summed E-state index contributed by atoms with van der Waals surface area (Å²) in [5.74, 6) is 1.57. The summed E-state index contributed by atoms with van der Waals surface area (Å²) < 4.78 is 0. The highest BCUT2D eigenvalue weighted by Gasteiger charge is 2.25. The lowest BCUT2D eigenvalue weighted by Crippen LogP contribution is -2.40. The van der Waals surface area contributed by atoms with Crippen molar-refractivity contribution in [2.75, 3.05) is 13.1 Å². The number of hydrogen-bond acceptors (Lipinski definition) is 3. The van der Waals surface area contributed by atoms with E-state index in [1.54, 1.807) is 0 Å². The van der Waals surface area contributed by atoms with Crippen LogP contribution in [0.4, 0.5) is 0 Å². The monoisotopic (exact) mass is 233 g/mol. The number of aryl methyl sites for hydroxylation is 1. The van der Waals surface area contributed by atoms with Gasteiger partial charge in [-0.3, -0.25) is 4.90 Å². The summed E-state index contributed by atoms with van der Waals surface area (Å²) in [5.41, 5.74) is 1.08. The van der Waals surface area contributed by atoms with Crippen LogP contribution in [0.15, 0.2) is 12.3 Å². The van der Waals surface area contributed by atoms with Crippen LogP contribution in [0.2, 0.25) is 0 Å². The highest BCUT2D eigenvalue weighted by Crippen LogP contribution is 2.26. The van der Waals surface area contributed by atoms with Gasteiger partial charge in [0, 0.05) is 30.4 Å². The second-order valence-corrected chi connectivity index (χ2v) is 5.15. The van der Waals surface area contributed by atoms with E-state index in [2.05, 4.69) is 28.7 Å². The Labute approximate surface area is 104 Å². The molecule has 0 spiro atoms. The van der Waals surface area contributed by atoms with Crippen molar-refractivity contribution in [3.05, 3.63) is 23.8 Å². The standard InChI is InChI=1S/C14H23N3/c1-4-12(3)17-9-5-6-13(10-17)14-15-8-7-11(2)16-14/h7-8,12-13H,4-6,9-10H2,1-3H3. The Morgan fingerprint density at radius 1 is 1.53 bits per heavy atom. The molecule has 0 radical (unpaired) electrons. The number of piperidine rings is 1. The minimum absolute atomic E-state index is 0.526. The molecule has 1 aromatic rings. The Hall–Kier alpha value is -0.960. The summed E-state index contributed by atoms with van der Waals surface area (Å²) >= 11 is 0. The number of rotatable bonds is 3. The topological polar surface area (TPSA) is 29.0 Å². The second kappa shape index (κ2) is 5.58. The minimum Gasteiger partial charge on any atom is -0.300 e. The molecule has 1 saturated heterocycles. The normalized spacial score (nSPS) is 23.6. The quantitative estimate of drug-likeness (QED) is 0.804. The summed E-state index contributed by atoms with van der Waals surface area (Å²) in [6.07, 6.45) is 5.62. The first-order valence-corrected chi connectivity index (χ1v) is 6.74. The smallest absolute Gasteiger partial charge is 0.132 e. The van der Waals surface area contributed by atoms with Gasteiger partial charge in [0.25, 0.3) is 0 Å². The molecule has 2 unspecified atom stereocenters. The van der Waals surface area contributed by atoms with Crippen molar-refractivity contribution < 1.29 is 0 Å². The fraction of sp³-hybridized carbons (Fsp3) is 0.714. The average molecular weight is 233 g/mol.